The summed E-state index contributed by atoms with van der Waals surface area (Å²) < 4.78 is 24.6. The molecule has 1 aromatic heterocycles. The van der Waals surface area contributed by atoms with Crippen LogP contribution in [-0.4, -0.2) is 60.8 Å². The zero-order valence-corrected chi connectivity index (χ0v) is 11.2. The number of nitrogens with one attached hydrogen (secondary N) is 1. The van der Waals surface area contributed by atoms with Crippen LogP contribution in [0.25, 0.3) is 0 Å². The highest BCUT2D eigenvalue weighted by Crippen LogP contribution is 2.14. The molecule has 1 amide bonds. The number of aliphatic hydroxyl groups is 1. The number of β-amino-alcohol motifs (C(OH)–C–C–N with tert-alkyl or cyclic N) is 1. The first-order valence-corrected chi connectivity index (χ1v) is 7.60. The van der Waals surface area contributed by atoms with E-state index in [9.17, 15) is 18.3 Å². The molecule has 1 saturated heterocycles. The number of likely N-dealkylation sites (tertiary alicyclic amines) is 1. The smallest absolute Gasteiger partial charge is 0.254 e. The van der Waals surface area contributed by atoms with Crippen LogP contribution in [0.2, 0.25) is 0 Å². The summed E-state index contributed by atoms with van der Waals surface area (Å²) in [5.74, 6) is -0.251. The number of aromatic nitrogens is 1. The molecule has 1 fully saturated rings. The number of amides is 1. The van der Waals surface area contributed by atoms with Gasteiger partial charge in [-0.2, -0.15) is 0 Å². The SMILES string of the molecule is CS(=O)(=O)N[C@@H]1CN(C(=O)c2ccncc2)C[C@H]1O. The molecule has 1 aliphatic rings. The number of hydrogen-bond donors (Lipinski definition) is 2. The van der Waals surface area contributed by atoms with Gasteiger partial charge in [0.1, 0.15) is 0 Å². The molecule has 8 heteroatoms. The Balaban J connectivity index is 2.07. The number of rotatable bonds is 3. The van der Waals surface area contributed by atoms with E-state index in [4.69, 9.17) is 0 Å². The third-order valence-electron chi connectivity index (χ3n) is 2.87. The van der Waals surface area contributed by atoms with Crippen LogP contribution in [0.1, 0.15) is 10.4 Å². The van der Waals surface area contributed by atoms with Gasteiger partial charge in [-0.25, -0.2) is 13.1 Å². The summed E-state index contributed by atoms with van der Waals surface area (Å²) in [5, 5.41) is 9.79. The molecule has 0 aromatic carbocycles. The summed E-state index contributed by atoms with van der Waals surface area (Å²) >= 11 is 0. The second kappa shape index (κ2) is 5.24. The minimum Gasteiger partial charge on any atom is -0.390 e. The van der Waals surface area contributed by atoms with Crippen LogP contribution >= 0.6 is 0 Å². The van der Waals surface area contributed by atoms with E-state index in [1.54, 1.807) is 12.1 Å². The first-order chi connectivity index (χ1) is 8.87. The maximum atomic E-state index is 12.1. The number of aliphatic hydroxyl groups excluding tert-OH is 1. The van der Waals surface area contributed by atoms with Crippen LogP contribution in [0.15, 0.2) is 24.5 Å². The minimum absolute atomic E-state index is 0.105. The summed E-state index contributed by atoms with van der Waals surface area (Å²) in [4.78, 5) is 17.4. The molecule has 7 nitrogen and oxygen atoms in total. The molecular weight excluding hydrogens is 270 g/mol. The fourth-order valence-electron chi connectivity index (χ4n) is 2.02. The van der Waals surface area contributed by atoms with E-state index in [1.165, 1.54) is 17.3 Å². The van der Waals surface area contributed by atoms with E-state index in [-0.39, 0.29) is 19.0 Å². The monoisotopic (exact) mass is 285 g/mol. The van der Waals surface area contributed by atoms with E-state index in [0.717, 1.165) is 6.26 Å². The van der Waals surface area contributed by atoms with Crippen molar-refractivity contribution in [1.29, 1.82) is 0 Å². The molecular formula is C11H15N3O4S. The molecule has 0 aliphatic carbocycles. The van der Waals surface area contributed by atoms with Crippen molar-refractivity contribution in [3.05, 3.63) is 30.1 Å². The summed E-state index contributed by atoms with van der Waals surface area (Å²) in [7, 11) is -3.41. The van der Waals surface area contributed by atoms with Crippen LogP contribution in [0.5, 0.6) is 0 Å². The summed E-state index contributed by atoms with van der Waals surface area (Å²) in [6.45, 7) is 0.254. The van der Waals surface area contributed by atoms with Crippen LogP contribution in [0, 0.1) is 0 Å². The quantitative estimate of drug-likeness (QED) is 0.728. The number of pyridine rings is 1. The highest BCUT2D eigenvalue weighted by atomic mass is 32.2. The van der Waals surface area contributed by atoms with E-state index in [0.29, 0.717) is 5.56 Å². The van der Waals surface area contributed by atoms with Crippen LogP contribution in [0.3, 0.4) is 0 Å². The number of carbonyl (C=O) groups excluding carboxylic acids is 1. The molecule has 2 rings (SSSR count). The summed E-state index contributed by atoms with van der Waals surface area (Å²) in [6, 6.07) is 2.48. The third-order valence-corrected chi connectivity index (χ3v) is 3.60. The predicted molar refractivity (Wildman–Crippen MR) is 67.9 cm³/mol. The van der Waals surface area contributed by atoms with Gasteiger partial charge < -0.3 is 10.0 Å². The lowest BCUT2D eigenvalue weighted by Gasteiger charge is -2.16. The normalized spacial score (nSPS) is 23.6. The van der Waals surface area contributed by atoms with Gasteiger partial charge in [-0.15, -0.1) is 0 Å². The van der Waals surface area contributed by atoms with Crippen molar-refractivity contribution in [1.82, 2.24) is 14.6 Å². The van der Waals surface area contributed by atoms with Crippen molar-refractivity contribution < 1.29 is 18.3 Å². The van der Waals surface area contributed by atoms with Crippen LogP contribution in [-0.2, 0) is 10.0 Å². The van der Waals surface area contributed by atoms with Crippen molar-refractivity contribution in [2.45, 2.75) is 12.1 Å². The number of hydrogen-bond acceptors (Lipinski definition) is 5. The Bertz CT molecular complexity index is 561. The van der Waals surface area contributed by atoms with E-state index >= 15 is 0 Å². The fourth-order valence-corrected chi connectivity index (χ4v) is 2.80. The second-order valence-corrected chi connectivity index (χ2v) is 6.29. The Morgan fingerprint density at radius 2 is 2.05 bits per heavy atom. The Morgan fingerprint density at radius 1 is 1.42 bits per heavy atom. The van der Waals surface area contributed by atoms with Gasteiger partial charge in [0.15, 0.2) is 0 Å². The lowest BCUT2D eigenvalue weighted by molar-refractivity contribution is 0.0765. The molecule has 104 valence electrons. The van der Waals surface area contributed by atoms with Crippen molar-refractivity contribution in [2.75, 3.05) is 19.3 Å². The molecule has 1 aliphatic heterocycles. The molecule has 2 N–H and O–H groups in total. The maximum absolute atomic E-state index is 12.1. The molecule has 0 radical (unpaired) electrons. The van der Waals surface area contributed by atoms with Gasteiger partial charge in [-0.3, -0.25) is 9.78 Å². The predicted octanol–water partition coefficient (Wildman–Crippen LogP) is -1.18. The van der Waals surface area contributed by atoms with Gasteiger partial charge in [0, 0.05) is 31.0 Å². The average molecular weight is 285 g/mol. The van der Waals surface area contributed by atoms with Gasteiger partial charge in [0.05, 0.1) is 18.4 Å². The van der Waals surface area contributed by atoms with Gasteiger partial charge >= 0.3 is 0 Å². The van der Waals surface area contributed by atoms with Gasteiger partial charge in [0.25, 0.3) is 5.91 Å². The molecule has 0 unspecified atom stereocenters. The highest BCUT2D eigenvalue weighted by molar-refractivity contribution is 7.88. The third kappa shape index (κ3) is 3.49. The van der Waals surface area contributed by atoms with E-state index in [1.807, 2.05) is 0 Å². The summed E-state index contributed by atoms with van der Waals surface area (Å²) in [6.07, 6.45) is 3.13. The van der Waals surface area contributed by atoms with E-state index < -0.39 is 22.2 Å². The Kier molecular flexibility index (Phi) is 3.83. The minimum atomic E-state index is -3.41. The standard InChI is InChI=1S/C11H15N3O4S/c1-19(17,18)13-9-6-14(7-10(9)15)11(16)8-2-4-12-5-3-8/h2-5,9-10,13,15H,6-7H2,1H3/t9-,10-/m1/s1. The maximum Gasteiger partial charge on any atom is 0.254 e. The lowest BCUT2D eigenvalue weighted by atomic mass is 10.2. The summed E-state index contributed by atoms with van der Waals surface area (Å²) in [5.41, 5.74) is 0.460. The Morgan fingerprint density at radius 3 is 2.63 bits per heavy atom. The lowest BCUT2D eigenvalue weighted by Crippen LogP contribution is -2.42. The Hall–Kier alpha value is -1.51. The van der Waals surface area contributed by atoms with Crippen molar-refractivity contribution in [3.63, 3.8) is 0 Å². The number of sulfonamides is 1. The first-order valence-electron chi connectivity index (χ1n) is 5.71. The molecule has 2 heterocycles. The van der Waals surface area contributed by atoms with Crippen molar-refractivity contribution in [2.24, 2.45) is 0 Å². The average Bonchev–Trinajstić information content (AvgIpc) is 2.69. The number of nitrogens with zero attached hydrogens (tertiary/aromatic N) is 2. The highest BCUT2D eigenvalue weighted by Gasteiger charge is 2.35. The molecule has 0 spiro atoms. The van der Waals surface area contributed by atoms with Crippen LogP contribution < -0.4 is 4.72 Å². The fraction of sp³-hybridized carbons (Fsp3) is 0.455. The molecule has 0 bridgehead atoms. The molecule has 2 atom stereocenters. The molecule has 19 heavy (non-hydrogen) atoms. The van der Waals surface area contributed by atoms with Crippen LogP contribution in [0.4, 0.5) is 0 Å². The number of carbonyl (C=O) groups is 1. The largest absolute Gasteiger partial charge is 0.390 e. The van der Waals surface area contributed by atoms with Crippen molar-refractivity contribution in [3.8, 4) is 0 Å². The Labute approximate surface area is 111 Å². The van der Waals surface area contributed by atoms with E-state index in [2.05, 4.69) is 9.71 Å². The molecule has 0 saturated carbocycles. The van der Waals surface area contributed by atoms with Gasteiger partial charge in [-0.05, 0) is 12.1 Å². The second-order valence-electron chi connectivity index (χ2n) is 4.51. The van der Waals surface area contributed by atoms with Gasteiger partial charge in [0.2, 0.25) is 10.0 Å². The zero-order valence-electron chi connectivity index (χ0n) is 10.4. The topological polar surface area (TPSA) is 99.6 Å². The first kappa shape index (κ1) is 13.9. The van der Waals surface area contributed by atoms with Crippen molar-refractivity contribution >= 4 is 15.9 Å². The van der Waals surface area contributed by atoms with Gasteiger partial charge in [-0.1, -0.05) is 0 Å². The molecule has 1 aromatic rings. The zero-order chi connectivity index (χ0) is 14.0.